The van der Waals surface area contributed by atoms with Gasteiger partial charge in [-0.25, -0.2) is 9.29 Å². The van der Waals surface area contributed by atoms with Crippen LogP contribution in [0.2, 0.25) is 0 Å². The van der Waals surface area contributed by atoms with Crippen molar-refractivity contribution in [1.29, 1.82) is 0 Å². The van der Waals surface area contributed by atoms with Gasteiger partial charge in [-0.1, -0.05) is 13.8 Å². The average molecular weight is 394 g/mol. The number of H-pyrrole nitrogens is 1. The molecule has 5 atom stereocenters. The second-order valence-electron chi connectivity index (χ2n) is 9.40. The number of nitrogens with one attached hydrogen (secondary N) is 1. The Bertz CT molecular complexity index is 977. The number of rotatable bonds is 2. The molecule has 2 aliphatic carbocycles. The van der Waals surface area contributed by atoms with Crippen molar-refractivity contribution in [3.8, 4) is 0 Å². The standard InChI is InChI=1S/C24H27FN2O2/c1-12(2)14-4-9-17-18(11-14)20-21(19-10-13(3)26-22(17)19)24(29)27(23(20)28)16-7-5-15(25)6-8-16/h5-8,10,12,14,17-18,20-21,26H,4,9,11H2,1-3H3/t14?,17-,18+,20+,21-/m1/s1. The smallest absolute Gasteiger partial charge is 0.242 e. The van der Waals surface area contributed by atoms with E-state index in [1.807, 2.05) is 6.92 Å². The van der Waals surface area contributed by atoms with Gasteiger partial charge < -0.3 is 4.98 Å². The average Bonchev–Trinajstić information content (AvgIpc) is 3.20. The van der Waals surface area contributed by atoms with Crippen molar-refractivity contribution in [3.05, 3.63) is 53.1 Å². The molecule has 5 rings (SSSR count). The van der Waals surface area contributed by atoms with Gasteiger partial charge in [-0.2, -0.15) is 0 Å². The summed E-state index contributed by atoms with van der Waals surface area (Å²) in [5.74, 6) is 0.224. The SMILES string of the molecule is Cc1cc2c([nH]1)[C@@H]1CCC(C(C)C)C[C@@H]1[C@@H]1C(=O)N(c3ccc(F)cc3)C(=O)[C@H]21. The van der Waals surface area contributed by atoms with E-state index >= 15 is 0 Å². The fraction of sp³-hybridized carbons (Fsp3) is 0.500. The van der Waals surface area contributed by atoms with Crippen LogP contribution < -0.4 is 4.90 Å². The Labute approximate surface area is 170 Å². The first kappa shape index (κ1) is 18.6. The van der Waals surface area contributed by atoms with Crippen molar-refractivity contribution in [2.45, 2.75) is 51.9 Å². The Balaban J connectivity index is 1.61. The molecule has 2 heterocycles. The van der Waals surface area contributed by atoms with Crippen LogP contribution in [0.4, 0.5) is 10.1 Å². The van der Waals surface area contributed by atoms with Crippen LogP contribution in [0.25, 0.3) is 0 Å². The number of carbonyl (C=O) groups excluding carboxylic acids is 2. The number of aryl methyl sites for hydroxylation is 1. The van der Waals surface area contributed by atoms with Gasteiger partial charge in [0.2, 0.25) is 11.8 Å². The number of anilines is 1. The molecule has 2 amide bonds. The molecule has 1 N–H and O–H groups in total. The highest BCUT2D eigenvalue weighted by molar-refractivity contribution is 6.24. The maximum Gasteiger partial charge on any atom is 0.242 e. The summed E-state index contributed by atoms with van der Waals surface area (Å²) in [4.78, 5) is 31.9. The van der Waals surface area contributed by atoms with Crippen LogP contribution in [0.15, 0.2) is 30.3 Å². The van der Waals surface area contributed by atoms with E-state index < -0.39 is 5.92 Å². The lowest BCUT2D eigenvalue weighted by molar-refractivity contribution is -0.123. The van der Waals surface area contributed by atoms with Crippen molar-refractivity contribution >= 4 is 17.5 Å². The van der Waals surface area contributed by atoms with Crippen molar-refractivity contribution in [2.24, 2.45) is 23.7 Å². The quantitative estimate of drug-likeness (QED) is 0.736. The van der Waals surface area contributed by atoms with E-state index in [0.29, 0.717) is 23.4 Å². The molecule has 1 saturated carbocycles. The lowest BCUT2D eigenvalue weighted by Gasteiger charge is -2.44. The molecule has 5 heteroatoms. The first-order chi connectivity index (χ1) is 13.9. The van der Waals surface area contributed by atoms with E-state index in [-0.39, 0.29) is 29.5 Å². The predicted octanol–water partition coefficient (Wildman–Crippen LogP) is 4.90. The van der Waals surface area contributed by atoms with Gasteiger partial charge in [0.15, 0.2) is 0 Å². The molecule has 0 bridgehead atoms. The summed E-state index contributed by atoms with van der Waals surface area (Å²) in [6, 6.07) is 7.73. The molecule has 1 saturated heterocycles. The zero-order valence-electron chi connectivity index (χ0n) is 17.1. The van der Waals surface area contributed by atoms with Crippen LogP contribution in [0.3, 0.4) is 0 Å². The molecule has 2 aromatic rings. The van der Waals surface area contributed by atoms with Gasteiger partial charge in [-0.05, 0) is 79.8 Å². The van der Waals surface area contributed by atoms with Crippen LogP contribution in [0.1, 0.15) is 61.9 Å². The Kier molecular flexibility index (Phi) is 4.19. The highest BCUT2D eigenvalue weighted by atomic mass is 19.1. The van der Waals surface area contributed by atoms with E-state index in [2.05, 4.69) is 24.9 Å². The number of hydrogen-bond acceptors (Lipinski definition) is 2. The van der Waals surface area contributed by atoms with Crippen molar-refractivity contribution in [1.82, 2.24) is 4.98 Å². The number of aromatic nitrogens is 1. The summed E-state index contributed by atoms with van der Waals surface area (Å²) in [7, 11) is 0. The second-order valence-corrected chi connectivity index (χ2v) is 9.40. The number of nitrogens with zero attached hydrogens (tertiary/aromatic N) is 1. The van der Waals surface area contributed by atoms with E-state index in [4.69, 9.17) is 0 Å². The topological polar surface area (TPSA) is 53.2 Å². The van der Waals surface area contributed by atoms with E-state index in [1.54, 1.807) is 0 Å². The summed E-state index contributed by atoms with van der Waals surface area (Å²) >= 11 is 0. The van der Waals surface area contributed by atoms with Crippen LogP contribution in [0, 0.1) is 36.4 Å². The normalized spacial score (nSPS) is 31.1. The third kappa shape index (κ3) is 2.70. The van der Waals surface area contributed by atoms with E-state index in [0.717, 1.165) is 36.2 Å². The highest BCUT2D eigenvalue weighted by Crippen LogP contribution is 2.57. The van der Waals surface area contributed by atoms with Crippen LogP contribution in [-0.2, 0) is 9.59 Å². The maximum absolute atomic E-state index is 13.6. The minimum absolute atomic E-state index is 0.115. The Morgan fingerprint density at radius 1 is 1.10 bits per heavy atom. The molecule has 1 aromatic carbocycles. The molecule has 3 aliphatic rings. The Morgan fingerprint density at radius 3 is 2.52 bits per heavy atom. The molecule has 1 unspecified atom stereocenters. The van der Waals surface area contributed by atoms with Crippen LogP contribution in [0.5, 0.6) is 0 Å². The summed E-state index contributed by atoms with van der Waals surface area (Å²) in [6.45, 7) is 6.52. The summed E-state index contributed by atoms with van der Waals surface area (Å²) in [6.07, 6.45) is 3.20. The first-order valence-electron chi connectivity index (χ1n) is 10.7. The fourth-order valence-electron chi connectivity index (χ4n) is 6.09. The lowest BCUT2D eigenvalue weighted by atomic mass is 9.58. The largest absolute Gasteiger partial charge is 0.362 e. The number of carbonyl (C=O) groups is 2. The van der Waals surface area contributed by atoms with E-state index in [9.17, 15) is 14.0 Å². The molecular weight excluding hydrogens is 367 g/mol. The third-order valence-electron chi connectivity index (χ3n) is 7.50. The van der Waals surface area contributed by atoms with Crippen LogP contribution >= 0.6 is 0 Å². The first-order valence-corrected chi connectivity index (χ1v) is 10.7. The van der Waals surface area contributed by atoms with Gasteiger partial charge in [-0.15, -0.1) is 0 Å². The highest BCUT2D eigenvalue weighted by Gasteiger charge is 2.58. The van der Waals surface area contributed by atoms with Crippen molar-refractivity contribution in [2.75, 3.05) is 4.90 Å². The van der Waals surface area contributed by atoms with Gasteiger partial charge in [0, 0.05) is 17.3 Å². The molecule has 152 valence electrons. The molecule has 1 aromatic heterocycles. The number of fused-ring (bicyclic) bond motifs is 6. The third-order valence-corrected chi connectivity index (χ3v) is 7.50. The minimum atomic E-state index is -0.431. The molecule has 0 radical (unpaired) electrons. The lowest BCUT2D eigenvalue weighted by Crippen LogP contribution is -2.40. The Hall–Kier alpha value is -2.43. The number of benzene rings is 1. The summed E-state index contributed by atoms with van der Waals surface area (Å²) < 4.78 is 13.4. The summed E-state index contributed by atoms with van der Waals surface area (Å²) in [5, 5.41) is 0. The maximum atomic E-state index is 13.6. The van der Waals surface area contributed by atoms with Gasteiger partial charge in [0.1, 0.15) is 5.82 Å². The zero-order chi connectivity index (χ0) is 20.4. The number of amides is 2. The van der Waals surface area contributed by atoms with E-state index in [1.165, 1.54) is 29.2 Å². The van der Waals surface area contributed by atoms with Gasteiger partial charge in [0.25, 0.3) is 0 Å². The van der Waals surface area contributed by atoms with Crippen molar-refractivity contribution in [3.63, 3.8) is 0 Å². The minimum Gasteiger partial charge on any atom is -0.362 e. The second kappa shape index (κ2) is 6.54. The predicted molar refractivity (Wildman–Crippen MR) is 109 cm³/mol. The van der Waals surface area contributed by atoms with Crippen molar-refractivity contribution < 1.29 is 14.0 Å². The van der Waals surface area contributed by atoms with Gasteiger partial charge in [-0.3, -0.25) is 9.59 Å². The molecule has 2 fully saturated rings. The number of imide groups is 1. The molecule has 29 heavy (non-hydrogen) atoms. The fourth-order valence-corrected chi connectivity index (χ4v) is 6.09. The number of aromatic amines is 1. The Morgan fingerprint density at radius 2 is 1.83 bits per heavy atom. The number of halogens is 1. The van der Waals surface area contributed by atoms with Crippen LogP contribution in [-0.4, -0.2) is 16.8 Å². The molecule has 4 nitrogen and oxygen atoms in total. The number of hydrogen-bond donors (Lipinski definition) is 1. The van der Waals surface area contributed by atoms with Gasteiger partial charge >= 0.3 is 0 Å². The molecule has 0 spiro atoms. The molecular formula is C24H27FN2O2. The molecule has 1 aliphatic heterocycles. The summed E-state index contributed by atoms with van der Waals surface area (Å²) in [5.41, 5.74) is 3.68. The monoisotopic (exact) mass is 394 g/mol. The van der Waals surface area contributed by atoms with Gasteiger partial charge in [0.05, 0.1) is 17.5 Å². The zero-order valence-corrected chi connectivity index (χ0v) is 17.1.